The molecule has 0 radical (unpaired) electrons. The molecule has 1 fully saturated rings. The molecule has 2 rings (SSSR count). The van der Waals surface area contributed by atoms with E-state index in [1.54, 1.807) is 17.0 Å². The zero-order valence-electron chi connectivity index (χ0n) is 10.4. The molecule has 0 unspecified atom stereocenters. The minimum absolute atomic E-state index is 0. The minimum atomic E-state index is -0.314. The van der Waals surface area contributed by atoms with Crippen LogP contribution in [-0.2, 0) is 11.2 Å². The van der Waals surface area contributed by atoms with Gasteiger partial charge in [-0.2, -0.15) is 0 Å². The van der Waals surface area contributed by atoms with E-state index in [0.29, 0.717) is 17.4 Å². The molecule has 1 heterocycles. The Hall–Kier alpha value is -0.650. The van der Waals surface area contributed by atoms with Crippen molar-refractivity contribution >= 4 is 34.2 Å². The largest absolute Gasteiger partial charge is 0.341 e. The Morgan fingerprint density at radius 1 is 1.53 bits per heavy atom. The second-order valence-corrected chi connectivity index (χ2v) is 5.52. The fourth-order valence-electron chi connectivity index (χ4n) is 2.17. The van der Waals surface area contributed by atoms with E-state index in [-0.39, 0.29) is 30.2 Å². The molecule has 1 aliphatic heterocycles. The monoisotopic (exact) mass is 350 g/mol. The Morgan fingerprint density at radius 2 is 2.26 bits per heavy atom. The summed E-state index contributed by atoms with van der Waals surface area (Å²) in [4.78, 5) is 13.9. The number of rotatable bonds is 2. The van der Waals surface area contributed by atoms with E-state index in [0.717, 1.165) is 24.9 Å². The Labute approximate surface area is 126 Å². The quantitative estimate of drug-likeness (QED) is 0.890. The number of piperidine rings is 1. The second-order valence-electron chi connectivity index (χ2n) is 4.67. The molecule has 19 heavy (non-hydrogen) atoms. The zero-order chi connectivity index (χ0) is 13.1. The first-order chi connectivity index (χ1) is 8.56. The first-order valence-corrected chi connectivity index (χ1v) is 6.83. The summed E-state index contributed by atoms with van der Waals surface area (Å²) in [6.07, 6.45) is 2.23. The maximum atomic E-state index is 13.1. The Bertz CT molecular complexity index is 458. The fraction of sp³-hybridized carbons (Fsp3) is 0.462. The van der Waals surface area contributed by atoms with Crippen LogP contribution in [0, 0.1) is 5.82 Å². The number of hydrogen-bond donors (Lipinski definition) is 1. The van der Waals surface area contributed by atoms with E-state index in [4.69, 9.17) is 5.73 Å². The molecule has 3 nitrogen and oxygen atoms in total. The summed E-state index contributed by atoms with van der Waals surface area (Å²) in [5.74, 6) is -0.255. The molecule has 1 saturated heterocycles. The third-order valence-corrected chi connectivity index (χ3v) is 3.76. The van der Waals surface area contributed by atoms with Gasteiger partial charge >= 0.3 is 0 Å². The van der Waals surface area contributed by atoms with E-state index in [1.807, 2.05) is 0 Å². The summed E-state index contributed by atoms with van der Waals surface area (Å²) in [7, 11) is 0. The van der Waals surface area contributed by atoms with Gasteiger partial charge in [-0.15, -0.1) is 12.4 Å². The van der Waals surface area contributed by atoms with Crippen molar-refractivity contribution in [2.45, 2.75) is 25.3 Å². The normalized spacial score (nSPS) is 18.9. The number of amides is 1. The summed E-state index contributed by atoms with van der Waals surface area (Å²) >= 11 is 3.12. The van der Waals surface area contributed by atoms with Crippen LogP contribution in [0.2, 0.25) is 0 Å². The van der Waals surface area contributed by atoms with Crippen LogP contribution in [0.3, 0.4) is 0 Å². The van der Waals surface area contributed by atoms with Crippen molar-refractivity contribution in [1.29, 1.82) is 0 Å². The summed E-state index contributed by atoms with van der Waals surface area (Å²) in [5, 5.41) is 0. The van der Waals surface area contributed by atoms with Gasteiger partial charge in [0.25, 0.3) is 0 Å². The molecule has 1 aromatic rings. The lowest BCUT2D eigenvalue weighted by atomic mass is 10.1. The molecule has 1 atom stereocenters. The zero-order valence-corrected chi connectivity index (χ0v) is 12.8. The number of carbonyl (C=O) groups is 1. The predicted octanol–water partition coefficient (Wildman–Crippen LogP) is 2.50. The number of benzene rings is 1. The third kappa shape index (κ3) is 4.44. The Balaban J connectivity index is 0.00000180. The first-order valence-electron chi connectivity index (χ1n) is 6.03. The molecule has 2 N–H and O–H groups in total. The maximum absolute atomic E-state index is 13.1. The van der Waals surface area contributed by atoms with E-state index in [9.17, 15) is 9.18 Å². The molecule has 0 bridgehead atoms. The van der Waals surface area contributed by atoms with Crippen molar-refractivity contribution in [3.63, 3.8) is 0 Å². The van der Waals surface area contributed by atoms with Crippen molar-refractivity contribution in [2.75, 3.05) is 13.1 Å². The van der Waals surface area contributed by atoms with Crippen LogP contribution in [-0.4, -0.2) is 29.9 Å². The van der Waals surface area contributed by atoms with Crippen LogP contribution in [0.1, 0.15) is 18.4 Å². The summed E-state index contributed by atoms with van der Waals surface area (Å²) in [5.41, 5.74) is 6.66. The van der Waals surface area contributed by atoms with Crippen molar-refractivity contribution in [2.24, 2.45) is 5.73 Å². The number of nitrogens with zero attached hydrogens (tertiary/aromatic N) is 1. The van der Waals surface area contributed by atoms with Crippen molar-refractivity contribution in [3.05, 3.63) is 34.1 Å². The van der Waals surface area contributed by atoms with Gasteiger partial charge in [-0.05, 0) is 46.5 Å². The van der Waals surface area contributed by atoms with Gasteiger partial charge in [0, 0.05) is 19.1 Å². The molecule has 0 spiro atoms. The molecule has 6 heteroatoms. The molecule has 0 aliphatic carbocycles. The number of halogens is 3. The average Bonchev–Trinajstić information content (AvgIpc) is 2.34. The van der Waals surface area contributed by atoms with Gasteiger partial charge in [-0.1, -0.05) is 6.07 Å². The van der Waals surface area contributed by atoms with Crippen molar-refractivity contribution in [3.8, 4) is 0 Å². The first kappa shape index (κ1) is 16.4. The van der Waals surface area contributed by atoms with E-state index in [2.05, 4.69) is 15.9 Å². The summed E-state index contributed by atoms with van der Waals surface area (Å²) < 4.78 is 13.5. The highest BCUT2D eigenvalue weighted by Crippen LogP contribution is 2.18. The average molecular weight is 352 g/mol. The van der Waals surface area contributed by atoms with Crippen LogP contribution in [0.5, 0.6) is 0 Å². The summed E-state index contributed by atoms with van der Waals surface area (Å²) in [6, 6.07) is 4.75. The number of nitrogens with two attached hydrogens (primary N) is 1. The van der Waals surface area contributed by atoms with Gasteiger partial charge in [0.1, 0.15) is 5.82 Å². The maximum Gasteiger partial charge on any atom is 0.227 e. The molecule has 1 aliphatic rings. The van der Waals surface area contributed by atoms with E-state index in [1.165, 1.54) is 6.07 Å². The van der Waals surface area contributed by atoms with Crippen molar-refractivity contribution < 1.29 is 9.18 Å². The van der Waals surface area contributed by atoms with Crippen LogP contribution >= 0.6 is 28.3 Å². The van der Waals surface area contributed by atoms with Gasteiger partial charge < -0.3 is 10.6 Å². The molecule has 1 amide bonds. The highest BCUT2D eigenvalue weighted by molar-refractivity contribution is 9.10. The molecule has 1 aromatic carbocycles. The molecular formula is C13H17BrClFN2O. The second kappa shape index (κ2) is 7.22. The molecular weight excluding hydrogens is 335 g/mol. The smallest absolute Gasteiger partial charge is 0.227 e. The SMILES string of the molecule is Cl.N[C@H]1CCCN(C(=O)Cc2ccc(F)c(Br)c2)C1. The third-order valence-electron chi connectivity index (χ3n) is 3.15. The van der Waals surface area contributed by atoms with Gasteiger partial charge in [0.15, 0.2) is 0 Å². The number of hydrogen-bond acceptors (Lipinski definition) is 2. The lowest BCUT2D eigenvalue weighted by Crippen LogP contribution is -2.46. The standard InChI is InChI=1S/C13H16BrFN2O.ClH/c14-11-6-9(3-4-12(11)15)7-13(18)17-5-1-2-10(16)8-17;/h3-4,6,10H,1-2,5,7-8,16H2;1H/t10-;/m0./s1. The molecule has 0 aromatic heterocycles. The minimum Gasteiger partial charge on any atom is -0.341 e. The van der Waals surface area contributed by atoms with Crippen LogP contribution in [0.15, 0.2) is 22.7 Å². The Kier molecular flexibility index (Phi) is 6.23. The molecule has 106 valence electrons. The highest BCUT2D eigenvalue weighted by Gasteiger charge is 2.21. The Morgan fingerprint density at radius 3 is 2.89 bits per heavy atom. The van der Waals surface area contributed by atoms with Crippen LogP contribution in [0.25, 0.3) is 0 Å². The van der Waals surface area contributed by atoms with Gasteiger partial charge in [-0.3, -0.25) is 4.79 Å². The number of carbonyl (C=O) groups excluding carboxylic acids is 1. The van der Waals surface area contributed by atoms with E-state index >= 15 is 0 Å². The fourth-order valence-corrected chi connectivity index (χ4v) is 2.60. The summed E-state index contributed by atoms with van der Waals surface area (Å²) in [6.45, 7) is 1.40. The van der Waals surface area contributed by atoms with E-state index < -0.39 is 0 Å². The topological polar surface area (TPSA) is 46.3 Å². The van der Waals surface area contributed by atoms with Gasteiger partial charge in [0.2, 0.25) is 5.91 Å². The van der Waals surface area contributed by atoms with Gasteiger partial charge in [0.05, 0.1) is 10.9 Å². The van der Waals surface area contributed by atoms with Crippen LogP contribution in [0.4, 0.5) is 4.39 Å². The van der Waals surface area contributed by atoms with Crippen LogP contribution < -0.4 is 5.73 Å². The van der Waals surface area contributed by atoms with Gasteiger partial charge in [-0.25, -0.2) is 4.39 Å². The van der Waals surface area contributed by atoms with Crippen molar-refractivity contribution in [1.82, 2.24) is 4.90 Å². The highest BCUT2D eigenvalue weighted by atomic mass is 79.9. The lowest BCUT2D eigenvalue weighted by Gasteiger charge is -2.30. The predicted molar refractivity (Wildman–Crippen MR) is 78.8 cm³/mol. The molecule has 0 saturated carbocycles. The lowest BCUT2D eigenvalue weighted by molar-refractivity contribution is -0.131. The number of likely N-dealkylation sites (tertiary alicyclic amines) is 1.